The Morgan fingerprint density at radius 3 is 2.41 bits per heavy atom. The van der Waals surface area contributed by atoms with Crippen LogP contribution in [0, 0.1) is 13.8 Å². The third-order valence-corrected chi connectivity index (χ3v) is 2.91. The van der Waals surface area contributed by atoms with Crippen molar-refractivity contribution in [3.05, 3.63) is 22.2 Å². The normalized spacial score (nSPS) is 11.5. The molecular weight excluding hydrogens is 255 g/mol. The van der Waals surface area contributed by atoms with Gasteiger partial charge in [-0.15, -0.1) is 0 Å². The number of hydrogen-bond donors (Lipinski definition) is 1. The van der Waals surface area contributed by atoms with Crippen LogP contribution in [0.2, 0.25) is 5.02 Å². The van der Waals surface area contributed by atoms with Gasteiger partial charge in [0.2, 0.25) is 0 Å². The molecule has 1 N–H and O–H groups in total. The number of hydrogen-bond acceptors (Lipinski definition) is 2. The summed E-state index contributed by atoms with van der Waals surface area (Å²) in [6.07, 6.45) is -4.28. The summed E-state index contributed by atoms with van der Waals surface area (Å²) in [7, 11) is 1.40. The van der Waals surface area contributed by atoms with Crippen LogP contribution in [0.25, 0.3) is 0 Å². The number of rotatable bonds is 3. The van der Waals surface area contributed by atoms with Crippen LogP contribution in [-0.4, -0.2) is 19.8 Å². The van der Waals surface area contributed by atoms with E-state index in [0.717, 1.165) is 5.56 Å². The monoisotopic (exact) mass is 267 g/mol. The zero-order valence-electron chi connectivity index (χ0n) is 9.70. The maximum Gasteiger partial charge on any atom is 0.405 e. The second-order valence-electron chi connectivity index (χ2n) is 3.68. The van der Waals surface area contributed by atoms with Crippen LogP contribution in [0.1, 0.15) is 11.1 Å². The molecule has 0 fully saturated rings. The number of alkyl halides is 3. The van der Waals surface area contributed by atoms with Crippen molar-refractivity contribution in [2.24, 2.45) is 0 Å². The molecule has 0 bridgehead atoms. The Morgan fingerprint density at radius 2 is 1.94 bits per heavy atom. The van der Waals surface area contributed by atoms with Gasteiger partial charge >= 0.3 is 6.18 Å². The van der Waals surface area contributed by atoms with E-state index >= 15 is 0 Å². The molecule has 1 aromatic carbocycles. The first kappa shape index (κ1) is 14.0. The van der Waals surface area contributed by atoms with Gasteiger partial charge in [-0.2, -0.15) is 13.2 Å². The lowest BCUT2D eigenvalue weighted by atomic mass is 10.1. The second-order valence-corrected chi connectivity index (χ2v) is 4.06. The topological polar surface area (TPSA) is 21.3 Å². The average Bonchev–Trinajstić information content (AvgIpc) is 2.22. The maximum absolute atomic E-state index is 12.2. The third-order valence-electron chi connectivity index (χ3n) is 2.33. The van der Waals surface area contributed by atoms with Crippen LogP contribution >= 0.6 is 11.6 Å². The van der Waals surface area contributed by atoms with Crippen molar-refractivity contribution in [3.63, 3.8) is 0 Å². The number of aryl methyl sites for hydroxylation is 1. The highest BCUT2D eigenvalue weighted by atomic mass is 35.5. The van der Waals surface area contributed by atoms with Crippen LogP contribution in [0.4, 0.5) is 18.9 Å². The second kappa shape index (κ2) is 5.04. The van der Waals surface area contributed by atoms with Gasteiger partial charge < -0.3 is 10.1 Å². The van der Waals surface area contributed by atoms with Gasteiger partial charge in [0.1, 0.15) is 12.3 Å². The van der Waals surface area contributed by atoms with Crippen molar-refractivity contribution in [1.82, 2.24) is 0 Å². The van der Waals surface area contributed by atoms with Crippen molar-refractivity contribution in [1.29, 1.82) is 0 Å². The largest absolute Gasteiger partial charge is 0.495 e. The Hall–Kier alpha value is -1.10. The molecule has 0 saturated heterocycles. The minimum atomic E-state index is -4.28. The molecule has 1 aromatic rings. The standard InChI is InChI=1S/C11H13ClF3NO/c1-6-4-8(17-3)10(7(2)9(6)12)16-5-11(13,14)15/h4,16H,5H2,1-3H3. The average molecular weight is 268 g/mol. The van der Waals surface area contributed by atoms with Gasteiger partial charge in [-0.1, -0.05) is 11.6 Å². The number of benzene rings is 1. The lowest BCUT2D eigenvalue weighted by molar-refractivity contribution is -0.115. The van der Waals surface area contributed by atoms with Gasteiger partial charge in [-0.3, -0.25) is 0 Å². The van der Waals surface area contributed by atoms with Crippen LogP contribution in [-0.2, 0) is 0 Å². The van der Waals surface area contributed by atoms with E-state index in [2.05, 4.69) is 5.32 Å². The minimum Gasteiger partial charge on any atom is -0.495 e. The molecule has 0 spiro atoms. The zero-order valence-corrected chi connectivity index (χ0v) is 10.5. The fraction of sp³-hybridized carbons (Fsp3) is 0.455. The summed E-state index contributed by atoms with van der Waals surface area (Å²) in [4.78, 5) is 0. The molecule has 0 heterocycles. The van der Waals surface area contributed by atoms with Gasteiger partial charge in [0.05, 0.1) is 12.8 Å². The molecule has 0 radical (unpaired) electrons. The van der Waals surface area contributed by atoms with Crippen LogP contribution in [0.5, 0.6) is 5.75 Å². The molecule has 0 atom stereocenters. The predicted octanol–water partition coefficient (Wildman–Crippen LogP) is 3.94. The highest BCUT2D eigenvalue weighted by Gasteiger charge is 2.27. The number of methoxy groups -OCH3 is 1. The molecule has 1 rings (SSSR count). The number of anilines is 1. The first-order valence-corrected chi connectivity index (χ1v) is 5.28. The first-order valence-electron chi connectivity index (χ1n) is 4.90. The Bertz CT molecular complexity index is 418. The van der Waals surface area contributed by atoms with Crippen molar-refractivity contribution in [3.8, 4) is 5.75 Å². The smallest absolute Gasteiger partial charge is 0.405 e. The summed E-state index contributed by atoms with van der Waals surface area (Å²) < 4.78 is 41.5. The molecule has 17 heavy (non-hydrogen) atoms. The molecule has 0 aliphatic carbocycles. The molecule has 2 nitrogen and oxygen atoms in total. The Labute approximate surface area is 103 Å². The quantitative estimate of drug-likeness (QED) is 0.896. The molecule has 0 aromatic heterocycles. The lowest BCUT2D eigenvalue weighted by Crippen LogP contribution is -2.22. The van der Waals surface area contributed by atoms with Crippen LogP contribution in [0.3, 0.4) is 0 Å². The van der Waals surface area contributed by atoms with E-state index < -0.39 is 12.7 Å². The van der Waals surface area contributed by atoms with E-state index in [1.165, 1.54) is 7.11 Å². The SMILES string of the molecule is COc1cc(C)c(Cl)c(C)c1NCC(F)(F)F. The number of halogens is 4. The zero-order chi connectivity index (χ0) is 13.2. The predicted molar refractivity (Wildman–Crippen MR) is 62.0 cm³/mol. The Morgan fingerprint density at radius 1 is 1.35 bits per heavy atom. The van der Waals surface area contributed by atoms with Crippen molar-refractivity contribution in [2.45, 2.75) is 20.0 Å². The molecule has 0 aliphatic heterocycles. The van der Waals surface area contributed by atoms with E-state index in [1.807, 2.05) is 0 Å². The summed E-state index contributed by atoms with van der Waals surface area (Å²) in [6, 6.07) is 1.61. The molecule has 0 saturated carbocycles. The summed E-state index contributed by atoms with van der Waals surface area (Å²) in [5.41, 5.74) is 1.59. The van der Waals surface area contributed by atoms with Gasteiger partial charge in [0.15, 0.2) is 0 Å². The molecular formula is C11H13ClF3NO. The fourth-order valence-electron chi connectivity index (χ4n) is 1.49. The highest BCUT2D eigenvalue weighted by Crippen LogP contribution is 2.36. The minimum absolute atomic E-state index is 0.278. The van der Waals surface area contributed by atoms with E-state index in [4.69, 9.17) is 16.3 Å². The van der Waals surface area contributed by atoms with Gasteiger partial charge in [-0.25, -0.2) is 0 Å². The number of ether oxygens (including phenoxy) is 1. The Kier molecular flexibility index (Phi) is 4.14. The van der Waals surface area contributed by atoms with Gasteiger partial charge in [0, 0.05) is 5.02 Å². The van der Waals surface area contributed by atoms with E-state index in [0.29, 0.717) is 16.3 Å². The summed E-state index contributed by atoms with van der Waals surface area (Å²) in [5, 5.41) is 2.75. The van der Waals surface area contributed by atoms with Gasteiger partial charge in [-0.05, 0) is 31.0 Å². The van der Waals surface area contributed by atoms with Crippen molar-refractivity contribution in [2.75, 3.05) is 19.0 Å². The van der Waals surface area contributed by atoms with E-state index in [1.54, 1.807) is 19.9 Å². The van der Waals surface area contributed by atoms with E-state index in [-0.39, 0.29) is 5.69 Å². The lowest BCUT2D eigenvalue weighted by Gasteiger charge is -2.17. The van der Waals surface area contributed by atoms with Crippen LogP contribution in [0.15, 0.2) is 6.07 Å². The molecule has 96 valence electrons. The van der Waals surface area contributed by atoms with Crippen molar-refractivity contribution < 1.29 is 17.9 Å². The molecule has 0 unspecified atom stereocenters. The Balaban J connectivity index is 3.09. The molecule has 0 aliphatic rings. The number of nitrogens with one attached hydrogen (secondary N) is 1. The van der Waals surface area contributed by atoms with Crippen molar-refractivity contribution >= 4 is 17.3 Å². The maximum atomic E-state index is 12.2. The van der Waals surface area contributed by atoms with Crippen LogP contribution < -0.4 is 10.1 Å². The van der Waals surface area contributed by atoms with E-state index in [9.17, 15) is 13.2 Å². The molecule has 6 heteroatoms. The summed E-state index contributed by atoms with van der Waals surface area (Å²) in [5.74, 6) is 0.355. The third kappa shape index (κ3) is 3.43. The first-order chi connectivity index (χ1) is 7.76. The van der Waals surface area contributed by atoms with Gasteiger partial charge in [0.25, 0.3) is 0 Å². The summed E-state index contributed by atoms with van der Waals surface area (Å²) >= 11 is 5.98. The highest BCUT2D eigenvalue weighted by molar-refractivity contribution is 6.32. The fourth-order valence-corrected chi connectivity index (χ4v) is 1.64. The summed E-state index contributed by atoms with van der Waals surface area (Å²) in [6.45, 7) is 2.30. The molecule has 0 amide bonds.